The van der Waals surface area contributed by atoms with Crippen LogP contribution in [0, 0.1) is 6.57 Å². The lowest BCUT2D eigenvalue weighted by Gasteiger charge is -2.44. The fourth-order valence-corrected chi connectivity index (χ4v) is 10.6. The van der Waals surface area contributed by atoms with Gasteiger partial charge in [-0.15, -0.1) is 0 Å². The molecule has 5 rings (SSSR count). The molecule has 45 heavy (non-hydrogen) atoms. The number of nitrogens with zero attached hydrogens (tertiary/aromatic N) is 4. The molecule has 2 aromatic heterocycles. The summed E-state index contributed by atoms with van der Waals surface area (Å²) in [6.07, 6.45) is 1.51. The first-order chi connectivity index (χ1) is 21.5. The lowest BCUT2D eigenvalue weighted by Crippen LogP contribution is -2.66. The Morgan fingerprint density at radius 3 is 2.24 bits per heavy atom. The lowest BCUT2D eigenvalue weighted by molar-refractivity contribution is 0.0931. The summed E-state index contributed by atoms with van der Waals surface area (Å²) in [6.45, 7) is 18.3. The van der Waals surface area contributed by atoms with Crippen LogP contribution < -0.4 is 15.7 Å². The van der Waals surface area contributed by atoms with E-state index in [9.17, 15) is 4.79 Å². The van der Waals surface area contributed by atoms with Crippen molar-refractivity contribution >= 4 is 41.9 Å². The zero-order chi connectivity index (χ0) is 32.2. The Balaban J connectivity index is 1.29. The van der Waals surface area contributed by atoms with Crippen LogP contribution >= 0.6 is 11.6 Å². The van der Waals surface area contributed by atoms with Gasteiger partial charge in [-0.2, -0.15) is 10.2 Å². The smallest absolute Gasteiger partial charge is 0.272 e. The second-order valence-electron chi connectivity index (χ2n) is 12.2. The van der Waals surface area contributed by atoms with E-state index in [1.807, 2.05) is 44.3 Å². The van der Waals surface area contributed by atoms with E-state index < -0.39 is 8.32 Å². The predicted molar refractivity (Wildman–Crippen MR) is 182 cm³/mol. The van der Waals surface area contributed by atoms with Crippen molar-refractivity contribution in [3.05, 3.63) is 125 Å². The van der Waals surface area contributed by atoms with Crippen LogP contribution in [0.5, 0.6) is 0 Å². The molecule has 0 radical (unpaired) electrons. The van der Waals surface area contributed by atoms with Crippen molar-refractivity contribution in [1.82, 2.24) is 25.3 Å². The van der Waals surface area contributed by atoms with Crippen LogP contribution in [0.2, 0.25) is 10.1 Å². The number of aromatic nitrogens is 4. The molecule has 0 aliphatic carbocycles. The summed E-state index contributed by atoms with van der Waals surface area (Å²) in [5.74, 6) is -0.281. The van der Waals surface area contributed by atoms with Crippen LogP contribution in [0.1, 0.15) is 56.9 Å². The van der Waals surface area contributed by atoms with Crippen LogP contribution in [-0.2, 0) is 11.0 Å². The van der Waals surface area contributed by atoms with Gasteiger partial charge in [-0.3, -0.25) is 14.6 Å². The van der Waals surface area contributed by atoms with Crippen molar-refractivity contribution in [2.24, 2.45) is 0 Å². The predicted octanol–water partition coefficient (Wildman–Crippen LogP) is 6.93. The molecule has 0 spiro atoms. The Morgan fingerprint density at radius 1 is 1.02 bits per heavy atom. The highest BCUT2D eigenvalue weighted by Gasteiger charge is 2.51. The normalized spacial score (nSPS) is 13.2. The minimum absolute atomic E-state index is 0.181. The summed E-state index contributed by atoms with van der Waals surface area (Å²) >= 11 is 6.20. The standard InChI is InChI=1S/C35H37ClN6O2Si/c1-24(23-42-20-19-30(41-42)26-17-18-31(37-6)29(36)21-26)38-34(43)33-22-32(39-40-33)25(2)44-45(35(3,4)5,27-13-9-7-10-14-27)28-15-11-8-12-16-28/h7-22,24-25H,23H2,1-5H3,(H,38,43)(H,39,40)/t24-,25-/m0/s1. The quantitative estimate of drug-likeness (QED) is 0.128. The molecule has 8 nitrogen and oxygen atoms in total. The third-order valence-corrected chi connectivity index (χ3v) is 13.3. The number of benzene rings is 3. The zero-order valence-corrected chi connectivity index (χ0v) is 27.8. The number of hydrogen-bond donors (Lipinski definition) is 2. The fourth-order valence-electron chi connectivity index (χ4n) is 5.68. The molecule has 0 aliphatic rings. The number of nitrogens with one attached hydrogen (secondary N) is 2. The molecule has 0 unspecified atom stereocenters. The molecule has 2 heterocycles. The van der Waals surface area contributed by atoms with Crippen molar-refractivity contribution in [3.8, 4) is 11.3 Å². The van der Waals surface area contributed by atoms with Gasteiger partial charge in [0.1, 0.15) is 5.69 Å². The van der Waals surface area contributed by atoms with Crippen molar-refractivity contribution in [2.45, 2.75) is 58.3 Å². The van der Waals surface area contributed by atoms with E-state index in [4.69, 9.17) is 22.6 Å². The Labute approximate surface area is 270 Å². The van der Waals surface area contributed by atoms with Gasteiger partial charge in [0.25, 0.3) is 14.2 Å². The maximum Gasteiger partial charge on any atom is 0.272 e. The fraction of sp³-hybridized carbons (Fsp3) is 0.257. The number of carbonyl (C=O) groups is 1. The van der Waals surface area contributed by atoms with Crippen LogP contribution in [-0.4, -0.2) is 40.2 Å². The summed E-state index contributed by atoms with van der Waals surface area (Å²) in [5, 5.41) is 17.6. The molecular weight excluding hydrogens is 600 g/mol. The number of aromatic amines is 1. The third-order valence-electron chi connectivity index (χ3n) is 7.88. The lowest BCUT2D eigenvalue weighted by atomic mass is 10.1. The van der Waals surface area contributed by atoms with Crippen molar-refractivity contribution in [1.29, 1.82) is 0 Å². The Morgan fingerprint density at radius 2 is 1.67 bits per heavy atom. The highest BCUT2D eigenvalue weighted by molar-refractivity contribution is 6.99. The molecule has 3 aromatic carbocycles. The average molecular weight is 637 g/mol. The van der Waals surface area contributed by atoms with Gasteiger partial charge in [-0.1, -0.05) is 105 Å². The van der Waals surface area contributed by atoms with Crippen molar-refractivity contribution in [2.75, 3.05) is 0 Å². The van der Waals surface area contributed by atoms with Gasteiger partial charge < -0.3 is 9.74 Å². The summed E-state index contributed by atoms with van der Waals surface area (Å²) < 4.78 is 8.95. The topological polar surface area (TPSA) is 89.2 Å². The van der Waals surface area contributed by atoms with Crippen LogP contribution in [0.3, 0.4) is 0 Å². The second-order valence-corrected chi connectivity index (χ2v) is 16.9. The Kier molecular flexibility index (Phi) is 9.39. The Hall–Kier alpha value is -4.49. The van der Waals surface area contributed by atoms with Crippen molar-refractivity contribution < 1.29 is 9.22 Å². The molecule has 0 saturated heterocycles. The number of amides is 1. The molecule has 230 valence electrons. The van der Waals surface area contributed by atoms with E-state index >= 15 is 0 Å². The molecule has 2 atom stereocenters. The molecular formula is C35H37ClN6O2Si. The Bertz CT molecular complexity index is 1770. The zero-order valence-electron chi connectivity index (χ0n) is 26.1. The van der Waals surface area contributed by atoms with E-state index in [0.717, 1.165) is 17.0 Å². The number of rotatable bonds is 10. The van der Waals surface area contributed by atoms with Gasteiger partial charge in [0.2, 0.25) is 5.69 Å². The highest BCUT2D eigenvalue weighted by atomic mass is 35.5. The van der Waals surface area contributed by atoms with E-state index in [1.54, 1.807) is 22.9 Å². The molecule has 5 aromatic rings. The third kappa shape index (κ3) is 6.78. The van der Waals surface area contributed by atoms with Gasteiger partial charge in [0.15, 0.2) is 0 Å². The summed E-state index contributed by atoms with van der Waals surface area (Å²) in [6, 6.07) is 29.6. The number of halogens is 1. The van der Waals surface area contributed by atoms with Crippen LogP contribution in [0.25, 0.3) is 16.1 Å². The first-order valence-corrected chi connectivity index (χ1v) is 17.2. The van der Waals surface area contributed by atoms with Crippen molar-refractivity contribution in [3.63, 3.8) is 0 Å². The van der Waals surface area contributed by atoms with Crippen LogP contribution in [0.15, 0.2) is 97.2 Å². The summed E-state index contributed by atoms with van der Waals surface area (Å²) in [7, 11) is -2.79. The summed E-state index contributed by atoms with van der Waals surface area (Å²) in [4.78, 5) is 16.6. The van der Waals surface area contributed by atoms with Crippen LogP contribution in [0.4, 0.5) is 5.69 Å². The molecule has 2 N–H and O–H groups in total. The number of H-pyrrole nitrogens is 1. The molecule has 10 heteroatoms. The highest BCUT2D eigenvalue weighted by Crippen LogP contribution is 2.39. The minimum atomic E-state index is -2.79. The van der Waals surface area contributed by atoms with Gasteiger partial charge in [0, 0.05) is 22.8 Å². The number of carbonyl (C=O) groups excluding carboxylic acids is 1. The van der Waals surface area contributed by atoms with E-state index in [1.165, 1.54) is 10.4 Å². The molecule has 1 amide bonds. The average Bonchev–Trinajstić information content (AvgIpc) is 3.71. The monoisotopic (exact) mass is 636 g/mol. The molecule has 0 bridgehead atoms. The minimum Gasteiger partial charge on any atom is -0.399 e. The molecule has 0 fully saturated rings. The molecule has 0 saturated carbocycles. The van der Waals surface area contributed by atoms with E-state index in [-0.39, 0.29) is 23.1 Å². The summed E-state index contributed by atoms with van der Waals surface area (Å²) in [5.41, 5.74) is 2.99. The van der Waals surface area contributed by atoms with Gasteiger partial charge in [0.05, 0.1) is 30.6 Å². The van der Waals surface area contributed by atoms with Gasteiger partial charge in [-0.25, -0.2) is 4.85 Å². The van der Waals surface area contributed by atoms with Gasteiger partial charge >= 0.3 is 0 Å². The first kappa shape index (κ1) is 31.9. The van der Waals surface area contributed by atoms with E-state index in [2.05, 4.69) is 94.8 Å². The SMILES string of the molecule is [C-]#[N+]c1ccc(-c2ccn(C[C@H](C)NC(=O)c3cc([C@H](C)O[Si](c4ccccc4)(c4ccccc4)C(C)(C)C)[nH]n3)n2)cc1Cl. The second kappa shape index (κ2) is 13.2. The maximum atomic E-state index is 13.2. The number of hydrogen-bond acceptors (Lipinski definition) is 4. The first-order valence-electron chi connectivity index (χ1n) is 14.9. The van der Waals surface area contributed by atoms with Gasteiger partial charge in [-0.05, 0) is 47.5 Å². The maximum absolute atomic E-state index is 13.2. The largest absolute Gasteiger partial charge is 0.399 e. The van der Waals surface area contributed by atoms with E-state index in [0.29, 0.717) is 22.9 Å². The molecule has 0 aliphatic heterocycles.